The van der Waals surface area contributed by atoms with Gasteiger partial charge in [0.15, 0.2) is 0 Å². The molecule has 0 bridgehead atoms. The molecular formula is C19H24N4O4. The minimum absolute atomic E-state index is 0.0226. The van der Waals surface area contributed by atoms with Crippen molar-refractivity contribution in [2.75, 3.05) is 5.32 Å². The Balaban J connectivity index is 1.72. The number of nitrogens with zero attached hydrogens (tertiary/aromatic N) is 2. The van der Waals surface area contributed by atoms with E-state index in [4.69, 9.17) is 4.74 Å². The van der Waals surface area contributed by atoms with Crippen molar-refractivity contribution in [3.05, 3.63) is 40.6 Å². The maximum atomic E-state index is 11.9. The van der Waals surface area contributed by atoms with Crippen molar-refractivity contribution in [3.63, 3.8) is 0 Å². The number of rotatable bonds is 4. The largest absolute Gasteiger partial charge is 0.444 e. The minimum Gasteiger partial charge on any atom is -0.444 e. The van der Waals surface area contributed by atoms with Crippen molar-refractivity contribution >= 4 is 28.4 Å². The molecule has 27 heavy (non-hydrogen) atoms. The number of hydrogen-bond acceptors (Lipinski definition) is 6. The number of ether oxygens (including phenoxy) is 1. The van der Waals surface area contributed by atoms with E-state index < -0.39 is 16.6 Å². The first-order chi connectivity index (χ1) is 12.7. The maximum Gasteiger partial charge on any atom is 0.407 e. The van der Waals surface area contributed by atoms with E-state index in [0.717, 1.165) is 18.2 Å². The molecular weight excluding hydrogens is 348 g/mol. The highest BCUT2D eigenvalue weighted by Gasteiger charge is 2.29. The Morgan fingerprint density at radius 2 is 1.96 bits per heavy atom. The fraction of sp³-hybridized carbons (Fsp3) is 0.474. The van der Waals surface area contributed by atoms with Gasteiger partial charge in [-0.25, -0.2) is 9.78 Å². The van der Waals surface area contributed by atoms with Crippen molar-refractivity contribution in [2.45, 2.75) is 57.7 Å². The number of anilines is 1. The first kappa shape index (κ1) is 18.9. The SMILES string of the molecule is CC(C)(C)OC(=O)N[C@@H]1CC[C@H](Nc2c([N+](=O)[O-])cnc3ccccc23)C1. The predicted molar refractivity (Wildman–Crippen MR) is 103 cm³/mol. The predicted octanol–water partition coefficient (Wildman–Crippen LogP) is 4.00. The molecule has 1 heterocycles. The molecule has 144 valence electrons. The third-order valence-corrected chi connectivity index (χ3v) is 4.45. The van der Waals surface area contributed by atoms with E-state index in [-0.39, 0.29) is 17.8 Å². The van der Waals surface area contributed by atoms with Gasteiger partial charge in [0.05, 0.1) is 10.4 Å². The van der Waals surface area contributed by atoms with Crippen molar-refractivity contribution in [2.24, 2.45) is 0 Å². The normalized spacial score (nSPS) is 19.7. The molecule has 0 radical (unpaired) electrons. The lowest BCUT2D eigenvalue weighted by Crippen LogP contribution is -2.38. The van der Waals surface area contributed by atoms with Gasteiger partial charge < -0.3 is 15.4 Å². The smallest absolute Gasteiger partial charge is 0.407 e. The number of pyridine rings is 1. The Bertz CT molecular complexity index is 862. The van der Waals surface area contributed by atoms with Gasteiger partial charge in [-0.15, -0.1) is 0 Å². The van der Waals surface area contributed by atoms with E-state index in [1.165, 1.54) is 6.20 Å². The number of amides is 1. The quantitative estimate of drug-likeness (QED) is 0.620. The molecule has 1 amide bonds. The Morgan fingerprint density at radius 1 is 1.26 bits per heavy atom. The van der Waals surface area contributed by atoms with Crippen LogP contribution >= 0.6 is 0 Å². The number of para-hydroxylation sites is 1. The number of aromatic nitrogens is 1. The molecule has 2 N–H and O–H groups in total. The van der Waals surface area contributed by atoms with E-state index in [0.29, 0.717) is 17.6 Å². The van der Waals surface area contributed by atoms with E-state index in [1.807, 2.05) is 45.0 Å². The Labute approximate surface area is 157 Å². The maximum absolute atomic E-state index is 11.9. The van der Waals surface area contributed by atoms with Crippen LogP contribution in [0.15, 0.2) is 30.5 Å². The minimum atomic E-state index is -0.545. The van der Waals surface area contributed by atoms with Gasteiger partial charge in [-0.1, -0.05) is 18.2 Å². The lowest BCUT2D eigenvalue weighted by atomic mass is 10.1. The second kappa shape index (κ2) is 7.38. The zero-order valence-electron chi connectivity index (χ0n) is 15.7. The molecule has 1 fully saturated rings. The van der Waals surface area contributed by atoms with Gasteiger partial charge in [-0.2, -0.15) is 0 Å². The van der Waals surface area contributed by atoms with Gasteiger partial charge in [0.1, 0.15) is 17.5 Å². The number of carbonyl (C=O) groups excluding carboxylic acids is 1. The van der Waals surface area contributed by atoms with Crippen LogP contribution in [0.2, 0.25) is 0 Å². The van der Waals surface area contributed by atoms with Crippen molar-refractivity contribution in [1.82, 2.24) is 10.3 Å². The fourth-order valence-corrected chi connectivity index (χ4v) is 3.34. The van der Waals surface area contributed by atoms with Crippen LogP contribution in [0, 0.1) is 10.1 Å². The number of hydrogen-bond donors (Lipinski definition) is 2. The molecule has 8 nitrogen and oxygen atoms in total. The molecule has 0 aliphatic heterocycles. The summed E-state index contributed by atoms with van der Waals surface area (Å²) in [6, 6.07) is 7.33. The van der Waals surface area contributed by atoms with E-state index in [1.54, 1.807) is 0 Å². The number of nitro groups is 1. The van der Waals surface area contributed by atoms with Crippen LogP contribution in [0.1, 0.15) is 40.0 Å². The van der Waals surface area contributed by atoms with Crippen LogP contribution in [0.4, 0.5) is 16.2 Å². The molecule has 3 rings (SSSR count). The van der Waals surface area contributed by atoms with Gasteiger partial charge in [0.25, 0.3) is 0 Å². The topological polar surface area (TPSA) is 106 Å². The molecule has 2 aromatic rings. The number of fused-ring (bicyclic) bond motifs is 1. The summed E-state index contributed by atoms with van der Waals surface area (Å²) in [6.45, 7) is 5.46. The molecule has 1 aromatic carbocycles. The summed E-state index contributed by atoms with van der Waals surface area (Å²) in [6.07, 6.45) is 3.11. The van der Waals surface area contributed by atoms with Crippen LogP contribution in [0.25, 0.3) is 10.9 Å². The van der Waals surface area contributed by atoms with Gasteiger partial charge in [0, 0.05) is 17.5 Å². The van der Waals surface area contributed by atoms with E-state index in [9.17, 15) is 14.9 Å². The average Bonchev–Trinajstić information content (AvgIpc) is 3.00. The summed E-state index contributed by atoms with van der Waals surface area (Å²) in [5.74, 6) is 0. The highest BCUT2D eigenvalue weighted by atomic mass is 16.6. The van der Waals surface area contributed by atoms with Crippen LogP contribution in [0.5, 0.6) is 0 Å². The third kappa shape index (κ3) is 4.64. The van der Waals surface area contributed by atoms with Crippen LogP contribution in [0.3, 0.4) is 0 Å². The molecule has 1 saturated carbocycles. The number of carbonyl (C=O) groups is 1. The molecule has 0 saturated heterocycles. The molecule has 2 atom stereocenters. The Hall–Kier alpha value is -2.90. The summed E-state index contributed by atoms with van der Waals surface area (Å²) in [4.78, 5) is 27.1. The van der Waals surface area contributed by atoms with Gasteiger partial charge in [-0.3, -0.25) is 10.1 Å². The zero-order chi connectivity index (χ0) is 19.6. The third-order valence-electron chi connectivity index (χ3n) is 4.45. The highest BCUT2D eigenvalue weighted by molar-refractivity contribution is 5.95. The number of alkyl carbamates (subject to hydrolysis) is 1. The van der Waals surface area contributed by atoms with Gasteiger partial charge in [0.2, 0.25) is 0 Å². The van der Waals surface area contributed by atoms with Crippen molar-refractivity contribution in [1.29, 1.82) is 0 Å². The second-order valence-electron chi connectivity index (χ2n) is 7.79. The monoisotopic (exact) mass is 372 g/mol. The summed E-state index contributed by atoms with van der Waals surface area (Å²) in [5.41, 5.74) is 0.592. The fourth-order valence-electron chi connectivity index (χ4n) is 3.34. The summed E-state index contributed by atoms with van der Waals surface area (Å²) >= 11 is 0. The molecule has 1 aliphatic rings. The summed E-state index contributed by atoms with van der Waals surface area (Å²) in [5, 5.41) is 18.3. The van der Waals surface area contributed by atoms with Crippen LogP contribution in [-0.4, -0.2) is 33.7 Å². The van der Waals surface area contributed by atoms with E-state index >= 15 is 0 Å². The van der Waals surface area contributed by atoms with Gasteiger partial charge >= 0.3 is 11.8 Å². The molecule has 8 heteroatoms. The van der Waals surface area contributed by atoms with Crippen LogP contribution < -0.4 is 10.6 Å². The lowest BCUT2D eigenvalue weighted by Gasteiger charge is -2.22. The first-order valence-electron chi connectivity index (χ1n) is 9.01. The lowest BCUT2D eigenvalue weighted by molar-refractivity contribution is -0.384. The van der Waals surface area contributed by atoms with Gasteiger partial charge in [-0.05, 0) is 46.1 Å². The Kier molecular flexibility index (Phi) is 5.16. The molecule has 1 aliphatic carbocycles. The second-order valence-corrected chi connectivity index (χ2v) is 7.79. The first-order valence-corrected chi connectivity index (χ1v) is 9.01. The standard InChI is InChI=1S/C19H24N4O4/c1-19(2,3)27-18(24)22-13-9-8-12(10-13)21-17-14-6-4-5-7-15(14)20-11-16(17)23(25)26/h4-7,11-13H,8-10H2,1-3H3,(H,20,21)(H,22,24)/t12-,13+/m0/s1. The van der Waals surface area contributed by atoms with Crippen molar-refractivity contribution < 1.29 is 14.5 Å². The van der Waals surface area contributed by atoms with E-state index in [2.05, 4.69) is 15.6 Å². The molecule has 0 spiro atoms. The zero-order valence-corrected chi connectivity index (χ0v) is 15.7. The number of benzene rings is 1. The van der Waals surface area contributed by atoms with Crippen LogP contribution in [-0.2, 0) is 4.74 Å². The summed E-state index contributed by atoms with van der Waals surface area (Å²) in [7, 11) is 0. The number of nitrogens with one attached hydrogen (secondary N) is 2. The highest BCUT2D eigenvalue weighted by Crippen LogP contribution is 2.34. The van der Waals surface area contributed by atoms with Crippen molar-refractivity contribution in [3.8, 4) is 0 Å². The average molecular weight is 372 g/mol. The summed E-state index contributed by atoms with van der Waals surface area (Å²) < 4.78 is 5.29. The Morgan fingerprint density at radius 3 is 2.67 bits per heavy atom. The molecule has 1 aromatic heterocycles. The molecule has 0 unspecified atom stereocenters.